The molecule has 0 saturated carbocycles. The Bertz CT molecular complexity index is 528. The highest BCUT2D eigenvalue weighted by Crippen LogP contribution is 2.10. The molecule has 18 heavy (non-hydrogen) atoms. The van der Waals surface area contributed by atoms with Gasteiger partial charge in [0, 0.05) is 11.9 Å². The average Bonchev–Trinajstić information content (AvgIpc) is 2.40. The number of anilines is 1. The molecule has 1 aromatic carbocycles. The van der Waals surface area contributed by atoms with E-state index in [4.69, 9.17) is 5.73 Å². The molecule has 0 atom stereocenters. The van der Waals surface area contributed by atoms with Crippen molar-refractivity contribution in [2.75, 3.05) is 5.73 Å². The van der Waals surface area contributed by atoms with Crippen molar-refractivity contribution in [1.29, 1.82) is 0 Å². The first kappa shape index (κ1) is 12.0. The van der Waals surface area contributed by atoms with E-state index in [2.05, 4.69) is 15.3 Å². The quantitative estimate of drug-likeness (QED) is 0.781. The number of benzene rings is 1. The molecule has 0 radical (unpaired) electrons. The van der Waals surface area contributed by atoms with E-state index in [0.29, 0.717) is 12.2 Å². The molecule has 0 unspecified atom stereocenters. The highest BCUT2D eigenvalue weighted by Gasteiger charge is 2.05. The van der Waals surface area contributed by atoms with Crippen LogP contribution in [0, 0.1) is 0 Å². The molecule has 5 nitrogen and oxygen atoms in total. The molecule has 0 bridgehead atoms. The van der Waals surface area contributed by atoms with Crippen LogP contribution >= 0.6 is 0 Å². The lowest BCUT2D eigenvalue weighted by molar-refractivity contribution is -0.120. The Labute approximate surface area is 105 Å². The monoisotopic (exact) mass is 242 g/mol. The van der Waals surface area contributed by atoms with Gasteiger partial charge < -0.3 is 11.1 Å². The SMILES string of the molecule is Nc1ccccc1CC(=O)NCc1ccncn1. The van der Waals surface area contributed by atoms with E-state index in [9.17, 15) is 4.79 Å². The van der Waals surface area contributed by atoms with Gasteiger partial charge in [-0.15, -0.1) is 0 Å². The minimum absolute atomic E-state index is 0.0773. The number of hydrogen-bond donors (Lipinski definition) is 2. The van der Waals surface area contributed by atoms with Crippen LogP contribution in [-0.4, -0.2) is 15.9 Å². The van der Waals surface area contributed by atoms with Crippen molar-refractivity contribution < 1.29 is 4.79 Å². The number of carbonyl (C=O) groups is 1. The molecular formula is C13H14N4O. The summed E-state index contributed by atoms with van der Waals surface area (Å²) in [7, 11) is 0. The summed E-state index contributed by atoms with van der Waals surface area (Å²) >= 11 is 0. The number of nitrogens with zero attached hydrogens (tertiary/aromatic N) is 2. The highest BCUT2D eigenvalue weighted by molar-refractivity contribution is 5.80. The van der Waals surface area contributed by atoms with E-state index in [-0.39, 0.29) is 12.3 Å². The lowest BCUT2D eigenvalue weighted by Crippen LogP contribution is -2.25. The zero-order chi connectivity index (χ0) is 12.8. The zero-order valence-electron chi connectivity index (χ0n) is 9.84. The number of nitrogen functional groups attached to an aromatic ring is 1. The first-order valence-electron chi connectivity index (χ1n) is 5.60. The van der Waals surface area contributed by atoms with E-state index in [0.717, 1.165) is 11.3 Å². The normalized spacial score (nSPS) is 10.0. The van der Waals surface area contributed by atoms with Crippen LogP contribution in [0.3, 0.4) is 0 Å². The third kappa shape index (κ3) is 3.28. The highest BCUT2D eigenvalue weighted by atomic mass is 16.1. The number of nitrogens with one attached hydrogen (secondary N) is 1. The van der Waals surface area contributed by atoms with E-state index in [1.807, 2.05) is 18.2 Å². The standard InChI is InChI=1S/C13H14N4O/c14-12-4-2-1-3-10(12)7-13(18)16-8-11-5-6-15-9-17-11/h1-6,9H,7-8,14H2,(H,16,18). The van der Waals surface area contributed by atoms with Crippen molar-refractivity contribution in [1.82, 2.24) is 15.3 Å². The van der Waals surface area contributed by atoms with E-state index in [1.165, 1.54) is 6.33 Å². The Balaban J connectivity index is 1.88. The van der Waals surface area contributed by atoms with E-state index < -0.39 is 0 Å². The van der Waals surface area contributed by atoms with Gasteiger partial charge in [0.15, 0.2) is 0 Å². The van der Waals surface area contributed by atoms with Crippen LogP contribution in [0.15, 0.2) is 42.9 Å². The number of carbonyl (C=O) groups excluding carboxylic acids is 1. The fraction of sp³-hybridized carbons (Fsp3) is 0.154. The molecular weight excluding hydrogens is 228 g/mol. The van der Waals surface area contributed by atoms with Crippen molar-refractivity contribution in [2.45, 2.75) is 13.0 Å². The molecule has 1 amide bonds. The smallest absolute Gasteiger partial charge is 0.224 e. The van der Waals surface area contributed by atoms with Gasteiger partial charge in [-0.25, -0.2) is 9.97 Å². The lowest BCUT2D eigenvalue weighted by atomic mass is 10.1. The van der Waals surface area contributed by atoms with E-state index >= 15 is 0 Å². The molecule has 0 aliphatic rings. The van der Waals surface area contributed by atoms with Crippen LogP contribution in [0.5, 0.6) is 0 Å². The second kappa shape index (κ2) is 5.77. The number of hydrogen-bond acceptors (Lipinski definition) is 4. The molecule has 0 spiro atoms. The van der Waals surface area contributed by atoms with Crippen LogP contribution in [-0.2, 0) is 17.8 Å². The van der Waals surface area contributed by atoms with Crippen molar-refractivity contribution in [3.8, 4) is 0 Å². The van der Waals surface area contributed by atoms with Crippen LogP contribution in [0.1, 0.15) is 11.3 Å². The summed E-state index contributed by atoms with van der Waals surface area (Å²) in [4.78, 5) is 19.6. The first-order valence-corrected chi connectivity index (χ1v) is 5.60. The fourth-order valence-corrected chi connectivity index (χ4v) is 1.54. The van der Waals surface area contributed by atoms with Crippen LogP contribution in [0.2, 0.25) is 0 Å². The summed E-state index contributed by atoms with van der Waals surface area (Å²) < 4.78 is 0. The first-order chi connectivity index (χ1) is 8.75. The van der Waals surface area contributed by atoms with Gasteiger partial charge in [-0.1, -0.05) is 18.2 Å². The molecule has 0 aliphatic heterocycles. The summed E-state index contributed by atoms with van der Waals surface area (Å²) in [6.45, 7) is 0.397. The van der Waals surface area contributed by atoms with Gasteiger partial charge in [-0.05, 0) is 17.7 Å². The largest absolute Gasteiger partial charge is 0.398 e. The zero-order valence-corrected chi connectivity index (χ0v) is 9.84. The van der Waals surface area contributed by atoms with Crippen molar-refractivity contribution in [3.63, 3.8) is 0 Å². The van der Waals surface area contributed by atoms with Crippen molar-refractivity contribution >= 4 is 11.6 Å². The molecule has 3 N–H and O–H groups in total. The van der Waals surface area contributed by atoms with Gasteiger partial charge in [0.2, 0.25) is 5.91 Å². The maximum atomic E-state index is 11.7. The molecule has 92 valence electrons. The molecule has 2 rings (SSSR count). The van der Waals surface area contributed by atoms with Crippen molar-refractivity contribution in [3.05, 3.63) is 54.1 Å². The maximum absolute atomic E-state index is 11.7. The van der Waals surface area contributed by atoms with Gasteiger partial charge in [0.1, 0.15) is 6.33 Å². The Morgan fingerprint density at radius 2 is 2.11 bits per heavy atom. The summed E-state index contributed by atoms with van der Waals surface area (Å²) in [6.07, 6.45) is 3.37. The third-order valence-electron chi connectivity index (χ3n) is 2.52. The van der Waals surface area contributed by atoms with Gasteiger partial charge in [0.25, 0.3) is 0 Å². The summed E-state index contributed by atoms with van der Waals surface area (Å²) in [5.41, 5.74) is 8.02. The topological polar surface area (TPSA) is 80.9 Å². The second-order valence-electron chi connectivity index (χ2n) is 3.85. The molecule has 0 saturated heterocycles. The Morgan fingerprint density at radius 1 is 1.28 bits per heavy atom. The van der Waals surface area contributed by atoms with Gasteiger partial charge in [0.05, 0.1) is 18.7 Å². The minimum Gasteiger partial charge on any atom is -0.398 e. The Morgan fingerprint density at radius 3 is 2.83 bits per heavy atom. The molecule has 0 fully saturated rings. The summed E-state index contributed by atoms with van der Waals surface area (Å²) in [6, 6.07) is 9.10. The molecule has 1 heterocycles. The Hall–Kier alpha value is -2.43. The minimum atomic E-state index is -0.0773. The average molecular weight is 242 g/mol. The summed E-state index contributed by atoms with van der Waals surface area (Å²) in [5, 5.41) is 2.79. The number of para-hydroxylation sites is 1. The number of aromatic nitrogens is 2. The number of amides is 1. The van der Waals surface area contributed by atoms with Crippen molar-refractivity contribution in [2.24, 2.45) is 0 Å². The van der Waals surface area contributed by atoms with Gasteiger partial charge in [-0.2, -0.15) is 0 Å². The predicted octanol–water partition coefficient (Wildman–Crippen LogP) is 0.918. The third-order valence-corrected chi connectivity index (χ3v) is 2.52. The molecule has 5 heteroatoms. The maximum Gasteiger partial charge on any atom is 0.224 e. The fourth-order valence-electron chi connectivity index (χ4n) is 1.54. The molecule has 0 aliphatic carbocycles. The predicted molar refractivity (Wildman–Crippen MR) is 68.4 cm³/mol. The van der Waals surface area contributed by atoms with E-state index in [1.54, 1.807) is 18.3 Å². The lowest BCUT2D eigenvalue weighted by Gasteiger charge is -2.06. The molecule has 2 aromatic rings. The van der Waals surface area contributed by atoms with Crippen LogP contribution < -0.4 is 11.1 Å². The summed E-state index contributed by atoms with van der Waals surface area (Å²) in [5.74, 6) is -0.0773. The van der Waals surface area contributed by atoms with Crippen LogP contribution in [0.4, 0.5) is 5.69 Å². The molecule has 1 aromatic heterocycles. The Kier molecular flexibility index (Phi) is 3.86. The number of rotatable bonds is 4. The number of nitrogens with two attached hydrogens (primary N) is 1. The second-order valence-corrected chi connectivity index (χ2v) is 3.85. The van der Waals surface area contributed by atoms with Gasteiger partial charge in [-0.3, -0.25) is 4.79 Å². The van der Waals surface area contributed by atoms with Gasteiger partial charge >= 0.3 is 0 Å². The van der Waals surface area contributed by atoms with Crippen LogP contribution in [0.25, 0.3) is 0 Å².